The van der Waals surface area contributed by atoms with E-state index in [4.69, 9.17) is 14.6 Å². The Labute approximate surface area is 66.6 Å². The van der Waals surface area contributed by atoms with Crippen molar-refractivity contribution in [1.29, 1.82) is 0 Å². The SMILES string of the molecule is CC1(C)OC[C@H](/C=C/CO)O1. The first-order valence-electron chi connectivity index (χ1n) is 3.73. The fraction of sp³-hybridized carbons (Fsp3) is 0.750. The van der Waals surface area contributed by atoms with Crippen LogP contribution in [0.3, 0.4) is 0 Å². The van der Waals surface area contributed by atoms with Crippen molar-refractivity contribution in [3.8, 4) is 0 Å². The molecule has 1 aliphatic rings. The predicted molar refractivity (Wildman–Crippen MR) is 41.1 cm³/mol. The maximum absolute atomic E-state index is 8.47. The molecule has 0 aliphatic carbocycles. The van der Waals surface area contributed by atoms with Gasteiger partial charge in [0.1, 0.15) is 6.10 Å². The third-order valence-corrected chi connectivity index (χ3v) is 1.49. The molecule has 64 valence electrons. The molecule has 0 saturated carbocycles. The van der Waals surface area contributed by atoms with Gasteiger partial charge in [-0.2, -0.15) is 0 Å². The summed E-state index contributed by atoms with van der Waals surface area (Å²) in [6.07, 6.45) is 3.47. The van der Waals surface area contributed by atoms with E-state index >= 15 is 0 Å². The zero-order chi connectivity index (χ0) is 8.32. The number of aliphatic hydroxyl groups is 1. The van der Waals surface area contributed by atoms with E-state index in [9.17, 15) is 0 Å². The number of hydrogen-bond acceptors (Lipinski definition) is 3. The van der Waals surface area contributed by atoms with Crippen LogP contribution in [0, 0.1) is 0 Å². The van der Waals surface area contributed by atoms with Crippen LogP contribution in [0.4, 0.5) is 0 Å². The molecule has 0 unspecified atom stereocenters. The highest BCUT2D eigenvalue weighted by Crippen LogP contribution is 2.22. The third kappa shape index (κ3) is 2.61. The summed E-state index contributed by atoms with van der Waals surface area (Å²) in [5.41, 5.74) is 0. The molecule has 0 aromatic carbocycles. The Balaban J connectivity index is 2.36. The van der Waals surface area contributed by atoms with E-state index < -0.39 is 5.79 Å². The normalized spacial score (nSPS) is 29.9. The van der Waals surface area contributed by atoms with Gasteiger partial charge >= 0.3 is 0 Å². The van der Waals surface area contributed by atoms with Crippen molar-refractivity contribution in [3.63, 3.8) is 0 Å². The van der Waals surface area contributed by atoms with Crippen LogP contribution < -0.4 is 0 Å². The lowest BCUT2D eigenvalue weighted by Crippen LogP contribution is -2.20. The lowest BCUT2D eigenvalue weighted by atomic mass is 10.3. The van der Waals surface area contributed by atoms with Crippen molar-refractivity contribution in [2.24, 2.45) is 0 Å². The molecule has 1 heterocycles. The number of rotatable bonds is 2. The fourth-order valence-corrected chi connectivity index (χ4v) is 1.02. The minimum absolute atomic E-state index is 0.00264. The molecule has 1 N–H and O–H groups in total. The molecular weight excluding hydrogens is 144 g/mol. The second kappa shape index (κ2) is 3.34. The summed E-state index contributed by atoms with van der Waals surface area (Å²) >= 11 is 0. The Bertz CT molecular complexity index is 151. The average molecular weight is 158 g/mol. The molecule has 0 aromatic heterocycles. The van der Waals surface area contributed by atoms with Crippen LogP contribution in [0.5, 0.6) is 0 Å². The Kier molecular flexibility index (Phi) is 2.65. The van der Waals surface area contributed by atoms with E-state index in [1.54, 1.807) is 6.08 Å². The van der Waals surface area contributed by atoms with Gasteiger partial charge in [-0.05, 0) is 13.8 Å². The molecule has 1 aliphatic heterocycles. The van der Waals surface area contributed by atoms with Gasteiger partial charge in [-0.25, -0.2) is 0 Å². The highest BCUT2D eigenvalue weighted by molar-refractivity contribution is 4.92. The summed E-state index contributed by atoms with van der Waals surface area (Å²) in [6.45, 7) is 4.38. The number of aliphatic hydroxyl groups excluding tert-OH is 1. The monoisotopic (exact) mass is 158 g/mol. The highest BCUT2D eigenvalue weighted by Gasteiger charge is 2.30. The third-order valence-electron chi connectivity index (χ3n) is 1.49. The molecule has 3 heteroatoms. The van der Waals surface area contributed by atoms with E-state index in [0.717, 1.165) is 0 Å². The first kappa shape index (κ1) is 8.71. The van der Waals surface area contributed by atoms with Gasteiger partial charge in [-0.1, -0.05) is 12.2 Å². The van der Waals surface area contributed by atoms with Gasteiger partial charge in [0.15, 0.2) is 5.79 Å². The number of hydrogen-bond donors (Lipinski definition) is 1. The molecule has 3 nitrogen and oxygen atoms in total. The Hall–Kier alpha value is -0.380. The van der Waals surface area contributed by atoms with E-state index in [2.05, 4.69) is 0 Å². The smallest absolute Gasteiger partial charge is 0.163 e. The van der Waals surface area contributed by atoms with Crippen LogP contribution in [-0.2, 0) is 9.47 Å². The topological polar surface area (TPSA) is 38.7 Å². The molecule has 1 atom stereocenters. The van der Waals surface area contributed by atoms with Gasteiger partial charge in [-0.3, -0.25) is 0 Å². The van der Waals surface area contributed by atoms with Crippen LogP contribution in [0.15, 0.2) is 12.2 Å². The Morgan fingerprint density at radius 1 is 1.64 bits per heavy atom. The first-order chi connectivity index (χ1) is 5.14. The molecule has 11 heavy (non-hydrogen) atoms. The summed E-state index contributed by atoms with van der Waals surface area (Å²) in [5.74, 6) is -0.468. The van der Waals surface area contributed by atoms with Crippen molar-refractivity contribution in [3.05, 3.63) is 12.2 Å². The van der Waals surface area contributed by atoms with E-state index in [1.165, 1.54) is 0 Å². The molecule has 0 amide bonds. The van der Waals surface area contributed by atoms with Crippen molar-refractivity contribution in [1.82, 2.24) is 0 Å². The predicted octanol–water partition coefficient (Wildman–Crippen LogP) is 0.686. The van der Waals surface area contributed by atoms with Crippen LogP contribution in [0.1, 0.15) is 13.8 Å². The maximum Gasteiger partial charge on any atom is 0.163 e. The summed E-state index contributed by atoms with van der Waals surface area (Å²) in [7, 11) is 0. The summed E-state index contributed by atoms with van der Waals surface area (Å²) < 4.78 is 10.7. The second-order valence-electron chi connectivity index (χ2n) is 2.98. The van der Waals surface area contributed by atoms with E-state index in [1.807, 2.05) is 19.9 Å². The van der Waals surface area contributed by atoms with E-state index in [0.29, 0.717) is 6.61 Å². The van der Waals surface area contributed by atoms with Gasteiger partial charge in [0.05, 0.1) is 13.2 Å². The van der Waals surface area contributed by atoms with Crippen molar-refractivity contribution < 1.29 is 14.6 Å². The average Bonchev–Trinajstić information content (AvgIpc) is 2.26. The molecule has 0 aromatic rings. The largest absolute Gasteiger partial charge is 0.392 e. The van der Waals surface area contributed by atoms with Gasteiger partial charge in [0.25, 0.3) is 0 Å². The lowest BCUT2D eigenvalue weighted by Gasteiger charge is -2.15. The molecule has 1 saturated heterocycles. The van der Waals surface area contributed by atoms with Crippen LogP contribution in [-0.4, -0.2) is 30.2 Å². The van der Waals surface area contributed by atoms with Crippen molar-refractivity contribution >= 4 is 0 Å². The minimum Gasteiger partial charge on any atom is -0.392 e. The Morgan fingerprint density at radius 2 is 2.36 bits per heavy atom. The molecule has 1 rings (SSSR count). The summed E-state index contributed by atoms with van der Waals surface area (Å²) in [6, 6.07) is 0. The van der Waals surface area contributed by atoms with Gasteiger partial charge in [-0.15, -0.1) is 0 Å². The number of ether oxygens (including phenoxy) is 2. The minimum atomic E-state index is -0.468. The summed E-state index contributed by atoms with van der Waals surface area (Å²) in [5, 5.41) is 8.47. The Morgan fingerprint density at radius 3 is 2.82 bits per heavy atom. The standard InChI is InChI=1S/C8H14O3/c1-8(2)10-6-7(11-8)4-3-5-9/h3-4,7,9H,5-6H2,1-2H3/b4-3+/t7-/m0/s1. The molecule has 0 radical (unpaired) electrons. The zero-order valence-corrected chi connectivity index (χ0v) is 6.91. The maximum atomic E-state index is 8.47. The van der Waals surface area contributed by atoms with Crippen LogP contribution in [0.2, 0.25) is 0 Å². The van der Waals surface area contributed by atoms with Crippen molar-refractivity contribution in [2.75, 3.05) is 13.2 Å². The van der Waals surface area contributed by atoms with Gasteiger partial charge in [0, 0.05) is 0 Å². The van der Waals surface area contributed by atoms with E-state index in [-0.39, 0.29) is 12.7 Å². The molecule has 1 fully saturated rings. The van der Waals surface area contributed by atoms with Crippen molar-refractivity contribution in [2.45, 2.75) is 25.7 Å². The molecular formula is C8H14O3. The van der Waals surface area contributed by atoms with Crippen LogP contribution in [0.25, 0.3) is 0 Å². The van der Waals surface area contributed by atoms with Gasteiger partial charge in [0.2, 0.25) is 0 Å². The second-order valence-corrected chi connectivity index (χ2v) is 2.98. The van der Waals surface area contributed by atoms with Gasteiger partial charge < -0.3 is 14.6 Å². The lowest BCUT2D eigenvalue weighted by molar-refractivity contribution is -0.133. The fourth-order valence-electron chi connectivity index (χ4n) is 1.02. The van der Waals surface area contributed by atoms with Crippen LogP contribution >= 0.6 is 0 Å². The molecule has 0 spiro atoms. The first-order valence-corrected chi connectivity index (χ1v) is 3.73. The highest BCUT2D eigenvalue weighted by atomic mass is 16.7. The summed E-state index contributed by atoms with van der Waals surface area (Å²) in [4.78, 5) is 0. The molecule has 0 bridgehead atoms. The quantitative estimate of drug-likeness (QED) is 0.601. The zero-order valence-electron chi connectivity index (χ0n) is 6.91.